The minimum atomic E-state index is -0.0570. The van der Waals surface area contributed by atoms with Gasteiger partial charge in [-0.1, -0.05) is 6.07 Å². The Morgan fingerprint density at radius 2 is 1.68 bits per heavy atom. The number of benzene rings is 2. The zero-order chi connectivity index (χ0) is 18.0. The zero-order valence-corrected chi connectivity index (χ0v) is 14.8. The summed E-state index contributed by atoms with van der Waals surface area (Å²) >= 11 is 0. The summed E-state index contributed by atoms with van der Waals surface area (Å²) in [5, 5.41) is 0. The molecule has 0 radical (unpaired) electrons. The maximum atomic E-state index is 12.9. The third-order valence-corrected chi connectivity index (χ3v) is 4.88. The Morgan fingerprint density at radius 1 is 1.00 bits per heavy atom. The SMILES string of the molecule is COc1ccc(C(=O)C2CCc3c(ccc(OC)c3N)C2)cc1OC. The van der Waals surface area contributed by atoms with Crippen LogP contribution < -0.4 is 19.9 Å². The summed E-state index contributed by atoms with van der Waals surface area (Å²) < 4.78 is 15.8. The van der Waals surface area contributed by atoms with E-state index in [2.05, 4.69) is 0 Å². The van der Waals surface area contributed by atoms with E-state index >= 15 is 0 Å². The summed E-state index contributed by atoms with van der Waals surface area (Å²) in [6.07, 6.45) is 2.25. The fourth-order valence-corrected chi connectivity index (χ4v) is 3.49. The highest BCUT2D eigenvalue weighted by atomic mass is 16.5. The van der Waals surface area contributed by atoms with Crippen LogP contribution in [0.15, 0.2) is 30.3 Å². The maximum Gasteiger partial charge on any atom is 0.166 e. The van der Waals surface area contributed by atoms with Crippen LogP contribution in [-0.2, 0) is 12.8 Å². The number of anilines is 1. The van der Waals surface area contributed by atoms with Gasteiger partial charge in [-0.05, 0) is 54.7 Å². The van der Waals surface area contributed by atoms with Gasteiger partial charge in [0.2, 0.25) is 0 Å². The molecule has 0 heterocycles. The second-order valence-electron chi connectivity index (χ2n) is 6.19. The molecule has 0 saturated carbocycles. The van der Waals surface area contributed by atoms with Crippen molar-refractivity contribution in [1.82, 2.24) is 0 Å². The maximum absolute atomic E-state index is 12.9. The number of carbonyl (C=O) groups excluding carboxylic acids is 1. The largest absolute Gasteiger partial charge is 0.495 e. The topological polar surface area (TPSA) is 70.8 Å². The summed E-state index contributed by atoms with van der Waals surface area (Å²) in [5.74, 6) is 1.95. The summed E-state index contributed by atoms with van der Waals surface area (Å²) in [6.45, 7) is 0. The summed E-state index contributed by atoms with van der Waals surface area (Å²) in [4.78, 5) is 12.9. The lowest BCUT2D eigenvalue weighted by Gasteiger charge is -2.25. The number of methoxy groups -OCH3 is 3. The first-order chi connectivity index (χ1) is 12.1. The first kappa shape index (κ1) is 17.1. The van der Waals surface area contributed by atoms with Crippen LogP contribution >= 0.6 is 0 Å². The molecule has 0 saturated heterocycles. The molecule has 25 heavy (non-hydrogen) atoms. The van der Waals surface area contributed by atoms with Crippen molar-refractivity contribution < 1.29 is 19.0 Å². The van der Waals surface area contributed by atoms with Gasteiger partial charge in [0.05, 0.1) is 27.0 Å². The van der Waals surface area contributed by atoms with Crippen molar-refractivity contribution in [1.29, 1.82) is 0 Å². The number of nitrogen functional groups attached to an aromatic ring is 1. The summed E-state index contributed by atoms with van der Waals surface area (Å²) in [5.41, 5.74) is 9.75. The number of carbonyl (C=O) groups is 1. The molecule has 3 rings (SSSR count). The Labute approximate surface area is 147 Å². The molecule has 1 atom stereocenters. The molecule has 0 amide bonds. The number of hydrogen-bond donors (Lipinski definition) is 1. The third kappa shape index (κ3) is 3.14. The third-order valence-electron chi connectivity index (χ3n) is 4.88. The molecular weight excluding hydrogens is 318 g/mol. The van der Waals surface area contributed by atoms with Gasteiger partial charge in [0, 0.05) is 11.5 Å². The molecule has 1 aliphatic carbocycles. The Bertz CT molecular complexity index is 801. The van der Waals surface area contributed by atoms with Crippen LogP contribution in [0, 0.1) is 5.92 Å². The van der Waals surface area contributed by atoms with Gasteiger partial charge in [-0.25, -0.2) is 0 Å². The molecule has 0 bridgehead atoms. The molecule has 132 valence electrons. The lowest BCUT2D eigenvalue weighted by atomic mass is 9.79. The highest BCUT2D eigenvalue weighted by molar-refractivity contribution is 5.98. The van der Waals surface area contributed by atoms with Crippen LogP contribution in [0.5, 0.6) is 17.2 Å². The standard InChI is InChI=1S/C20H23NO4/c1-23-16-8-6-14(11-18(16)25-3)20(22)13-4-7-15-12(10-13)5-9-17(24-2)19(15)21/h5-6,8-9,11,13H,4,7,10,21H2,1-3H3. The van der Waals surface area contributed by atoms with Crippen molar-refractivity contribution in [2.75, 3.05) is 27.1 Å². The van der Waals surface area contributed by atoms with E-state index in [1.54, 1.807) is 39.5 Å². The highest BCUT2D eigenvalue weighted by Gasteiger charge is 2.28. The van der Waals surface area contributed by atoms with Gasteiger partial charge in [-0.3, -0.25) is 4.79 Å². The van der Waals surface area contributed by atoms with Gasteiger partial charge in [0.25, 0.3) is 0 Å². The molecule has 0 spiro atoms. The normalized spacial score (nSPS) is 16.0. The van der Waals surface area contributed by atoms with E-state index in [1.807, 2.05) is 12.1 Å². The van der Waals surface area contributed by atoms with Gasteiger partial charge >= 0.3 is 0 Å². The van der Waals surface area contributed by atoms with Crippen LogP contribution in [0.2, 0.25) is 0 Å². The van der Waals surface area contributed by atoms with Crippen LogP contribution in [0.1, 0.15) is 27.9 Å². The van der Waals surface area contributed by atoms with E-state index < -0.39 is 0 Å². The summed E-state index contributed by atoms with van der Waals surface area (Å²) in [6, 6.07) is 9.20. The van der Waals surface area contributed by atoms with Crippen molar-refractivity contribution in [3.05, 3.63) is 47.0 Å². The van der Waals surface area contributed by atoms with Crippen LogP contribution in [-0.4, -0.2) is 27.1 Å². The average Bonchev–Trinajstić information content (AvgIpc) is 2.66. The Balaban J connectivity index is 1.84. The first-order valence-electron chi connectivity index (χ1n) is 8.29. The predicted molar refractivity (Wildman–Crippen MR) is 96.8 cm³/mol. The zero-order valence-electron chi connectivity index (χ0n) is 14.8. The molecular formula is C20H23NO4. The molecule has 0 aliphatic heterocycles. The number of Topliss-reactive ketones (excluding diaryl/α,β-unsaturated/α-hetero) is 1. The number of fused-ring (bicyclic) bond motifs is 1. The molecule has 1 unspecified atom stereocenters. The second-order valence-corrected chi connectivity index (χ2v) is 6.19. The van der Waals surface area contributed by atoms with Gasteiger partial charge in [0.1, 0.15) is 5.75 Å². The lowest BCUT2D eigenvalue weighted by molar-refractivity contribution is 0.0908. The molecule has 0 aromatic heterocycles. The number of ketones is 1. The van der Waals surface area contributed by atoms with Crippen molar-refractivity contribution in [3.8, 4) is 17.2 Å². The molecule has 5 heteroatoms. The van der Waals surface area contributed by atoms with Crippen LogP contribution in [0.4, 0.5) is 5.69 Å². The van der Waals surface area contributed by atoms with Gasteiger partial charge in [-0.15, -0.1) is 0 Å². The van der Waals surface area contributed by atoms with Gasteiger partial charge in [-0.2, -0.15) is 0 Å². The van der Waals surface area contributed by atoms with Crippen molar-refractivity contribution in [2.24, 2.45) is 5.92 Å². The number of nitrogens with two attached hydrogens (primary N) is 1. The average molecular weight is 341 g/mol. The van der Waals surface area contributed by atoms with Crippen LogP contribution in [0.25, 0.3) is 0 Å². The molecule has 5 nitrogen and oxygen atoms in total. The Morgan fingerprint density at radius 3 is 2.36 bits per heavy atom. The quantitative estimate of drug-likeness (QED) is 0.667. The molecule has 2 aromatic rings. The second kappa shape index (κ2) is 7.05. The minimum Gasteiger partial charge on any atom is -0.495 e. The monoisotopic (exact) mass is 341 g/mol. The van der Waals surface area contributed by atoms with E-state index in [4.69, 9.17) is 19.9 Å². The number of rotatable bonds is 5. The van der Waals surface area contributed by atoms with E-state index in [9.17, 15) is 4.79 Å². The molecule has 2 N–H and O–H groups in total. The highest BCUT2D eigenvalue weighted by Crippen LogP contribution is 2.36. The minimum absolute atomic E-state index is 0.0570. The number of ether oxygens (including phenoxy) is 3. The molecule has 2 aromatic carbocycles. The van der Waals surface area contributed by atoms with Crippen molar-refractivity contribution in [3.63, 3.8) is 0 Å². The van der Waals surface area contributed by atoms with Gasteiger partial charge in [0.15, 0.2) is 17.3 Å². The Hall–Kier alpha value is -2.69. The van der Waals surface area contributed by atoms with Gasteiger partial charge < -0.3 is 19.9 Å². The Kier molecular flexibility index (Phi) is 4.83. The lowest BCUT2D eigenvalue weighted by Crippen LogP contribution is -2.23. The van der Waals surface area contributed by atoms with Crippen molar-refractivity contribution in [2.45, 2.75) is 19.3 Å². The van der Waals surface area contributed by atoms with E-state index in [0.717, 1.165) is 24.0 Å². The van der Waals surface area contributed by atoms with Crippen LogP contribution in [0.3, 0.4) is 0 Å². The van der Waals surface area contributed by atoms with E-state index in [-0.39, 0.29) is 11.7 Å². The first-order valence-corrected chi connectivity index (χ1v) is 8.29. The molecule has 1 aliphatic rings. The van der Waals surface area contributed by atoms with E-state index in [1.165, 1.54) is 0 Å². The number of hydrogen-bond acceptors (Lipinski definition) is 5. The molecule has 0 fully saturated rings. The summed E-state index contributed by atoms with van der Waals surface area (Å²) in [7, 11) is 4.76. The fraction of sp³-hybridized carbons (Fsp3) is 0.350. The predicted octanol–water partition coefficient (Wildman–Crippen LogP) is 3.28. The van der Waals surface area contributed by atoms with Crippen molar-refractivity contribution >= 4 is 11.5 Å². The van der Waals surface area contributed by atoms with E-state index in [0.29, 0.717) is 34.9 Å². The smallest absolute Gasteiger partial charge is 0.166 e. The fourth-order valence-electron chi connectivity index (χ4n) is 3.49.